The fourth-order valence-electron chi connectivity index (χ4n) is 1.70. The molecule has 106 valence electrons. The zero-order chi connectivity index (χ0) is 15.4. The van der Waals surface area contributed by atoms with E-state index in [4.69, 9.17) is 33.2 Å². The predicted octanol–water partition coefficient (Wildman–Crippen LogP) is 4.35. The van der Waals surface area contributed by atoms with E-state index in [1.165, 1.54) is 24.3 Å². The molecule has 5 nitrogen and oxygen atoms in total. The number of halogens is 2. The van der Waals surface area contributed by atoms with Crippen LogP contribution in [-0.2, 0) is 6.61 Å². The van der Waals surface area contributed by atoms with Gasteiger partial charge in [-0.15, -0.1) is 0 Å². The van der Waals surface area contributed by atoms with Crippen molar-refractivity contribution in [2.75, 3.05) is 0 Å². The number of hydrogen-bond acceptors (Lipinski definition) is 4. The molecule has 0 bridgehead atoms. The van der Waals surface area contributed by atoms with Crippen molar-refractivity contribution in [3.63, 3.8) is 0 Å². The van der Waals surface area contributed by atoms with Gasteiger partial charge in [-0.3, -0.25) is 10.1 Å². The Morgan fingerprint density at radius 2 is 2.00 bits per heavy atom. The van der Waals surface area contributed by atoms with Crippen LogP contribution in [0.4, 0.5) is 5.69 Å². The lowest BCUT2D eigenvalue weighted by atomic mass is 10.2. The van der Waals surface area contributed by atoms with Crippen LogP contribution in [0.2, 0.25) is 10.0 Å². The van der Waals surface area contributed by atoms with Crippen LogP contribution in [0.15, 0.2) is 36.4 Å². The third kappa shape index (κ3) is 3.43. The van der Waals surface area contributed by atoms with Gasteiger partial charge in [0.1, 0.15) is 12.4 Å². The molecule has 7 heteroatoms. The Morgan fingerprint density at radius 3 is 2.62 bits per heavy atom. The number of ether oxygens (including phenoxy) is 1. The minimum Gasteiger partial charge on any atom is -0.487 e. The van der Waals surface area contributed by atoms with E-state index in [9.17, 15) is 10.1 Å². The van der Waals surface area contributed by atoms with Crippen LogP contribution in [0.1, 0.15) is 11.1 Å². The predicted molar refractivity (Wildman–Crippen MR) is 78.6 cm³/mol. The quantitative estimate of drug-likeness (QED) is 0.619. The van der Waals surface area contributed by atoms with Gasteiger partial charge in [0.25, 0.3) is 5.69 Å². The van der Waals surface area contributed by atoms with Gasteiger partial charge in [-0.25, -0.2) is 0 Å². The maximum Gasteiger partial charge on any atom is 0.277 e. The molecule has 0 radical (unpaired) electrons. The van der Waals surface area contributed by atoms with Crippen LogP contribution < -0.4 is 4.74 Å². The van der Waals surface area contributed by atoms with E-state index in [2.05, 4.69) is 0 Å². The minimum atomic E-state index is -0.523. The van der Waals surface area contributed by atoms with E-state index in [1.807, 2.05) is 6.07 Å². The van der Waals surface area contributed by atoms with Gasteiger partial charge in [0.05, 0.1) is 32.2 Å². The minimum absolute atomic E-state index is 0.0956. The fourth-order valence-corrected chi connectivity index (χ4v) is 2.16. The molecule has 0 saturated carbocycles. The Bertz CT molecular complexity index is 741. The molecule has 2 aromatic rings. The Hall–Kier alpha value is -2.29. The van der Waals surface area contributed by atoms with E-state index in [-0.39, 0.29) is 27.9 Å². The van der Waals surface area contributed by atoms with Gasteiger partial charge >= 0.3 is 0 Å². The van der Waals surface area contributed by atoms with Crippen LogP contribution in [-0.4, -0.2) is 4.92 Å². The van der Waals surface area contributed by atoms with E-state index in [0.29, 0.717) is 11.3 Å². The summed E-state index contributed by atoms with van der Waals surface area (Å²) < 4.78 is 5.46. The summed E-state index contributed by atoms with van der Waals surface area (Å²) in [6.07, 6.45) is 0. The Kier molecular flexibility index (Phi) is 4.63. The third-order valence-corrected chi connectivity index (χ3v) is 3.37. The summed E-state index contributed by atoms with van der Waals surface area (Å²) in [7, 11) is 0. The standard InChI is InChI=1S/C14H8Cl2N2O3/c15-11-2-1-3-13(18(19)20)10(11)8-21-14-5-4-9(7-17)6-12(14)16/h1-6H,8H2. The first-order valence-corrected chi connectivity index (χ1v) is 6.52. The molecule has 0 heterocycles. The third-order valence-electron chi connectivity index (χ3n) is 2.72. The molecule has 21 heavy (non-hydrogen) atoms. The zero-order valence-electron chi connectivity index (χ0n) is 10.5. The van der Waals surface area contributed by atoms with E-state index < -0.39 is 4.92 Å². The number of nitro groups is 1. The molecular formula is C14H8Cl2N2O3. The highest BCUT2D eigenvalue weighted by molar-refractivity contribution is 6.32. The monoisotopic (exact) mass is 322 g/mol. The van der Waals surface area contributed by atoms with Gasteiger partial charge in [-0.2, -0.15) is 5.26 Å². The molecule has 0 aromatic heterocycles. The van der Waals surface area contributed by atoms with Crippen molar-refractivity contribution in [3.05, 3.63) is 67.7 Å². The second kappa shape index (κ2) is 6.44. The summed E-state index contributed by atoms with van der Waals surface area (Å²) in [5.74, 6) is 0.324. The number of benzene rings is 2. The lowest BCUT2D eigenvalue weighted by molar-refractivity contribution is -0.385. The first-order chi connectivity index (χ1) is 10.0. The molecule has 2 rings (SSSR count). The van der Waals surface area contributed by atoms with Crippen molar-refractivity contribution in [2.24, 2.45) is 0 Å². The maximum absolute atomic E-state index is 11.0. The smallest absolute Gasteiger partial charge is 0.277 e. The summed E-state index contributed by atoms with van der Waals surface area (Å²) in [5, 5.41) is 20.2. The lowest BCUT2D eigenvalue weighted by Gasteiger charge is -2.09. The fraction of sp³-hybridized carbons (Fsp3) is 0.0714. The molecule has 0 saturated heterocycles. The summed E-state index contributed by atoms with van der Waals surface area (Å²) in [4.78, 5) is 10.4. The largest absolute Gasteiger partial charge is 0.487 e. The van der Waals surface area contributed by atoms with Crippen molar-refractivity contribution in [1.29, 1.82) is 5.26 Å². The van der Waals surface area contributed by atoms with Crippen molar-refractivity contribution in [2.45, 2.75) is 6.61 Å². The molecule has 2 aromatic carbocycles. The van der Waals surface area contributed by atoms with Gasteiger partial charge in [0, 0.05) is 6.07 Å². The molecule has 0 spiro atoms. The van der Waals surface area contributed by atoms with Crippen molar-refractivity contribution in [1.82, 2.24) is 0 Å². The molecule has 0 amide bonds. The molecular weight excluding hydrogens is 315 g/mol. The van der Waals surface area contributed by atoms with E-state index in [1.54, 1.807) is 12.1 Å². The van der Waals surface area contributed by atoms with Gasteiger partial charge in [0.15, 0.2) is 0 Å². The van der Waals surface area contributed by atoms with Crippen LogP contribution in [0.25, 0.3) is 0 Å². The highest BCUT2D eigenvalue weighted by Gasteiger charge is 2.17. The van der Waals surface area contributed by atoms with Crippen LogP contribution in [0.5, 0.6) is 5.75 Å². The average molecular weight is 323 g/mol. The topological polar surface area (TPSA) is 76.2 Å². The van der Waals surface area contributed by atoms with E-state index in [0.717, 1.165) is 0 Å². The van der Waals surface area contributed by atoms with Crippen molar-refractivity contribution >= 4 is 28.9 Å². The lowest BCUT2D eigenvalue weighted by Crippen LogP contribution is -2.02. The van der Waals surface area contributed by atoms with Gasteiger partial charge < -0.3 is 4.74 Å². The highest BCUT2D eigenvalue weighted by atomic mass is 35.5. The van der Waals surface area contributed by atoms with E-state index >= 15 is 0 Å². The Labute approximate surface area is 130 Å². The summed E-state index contributed by atoms with van der Waals surface area (Å²) in [5.41, 5.74) is 0.549. The highest BCUT2D eigenvalue weighted by Crippen LogP contribution is 2.30. The molecule has 0 atom stereocenters. The number of hydrogen-bond donors (Lipinski definition) is 0. The second-order valence-corrected chi connectivity index (χ2v) is 4.85. The van der Waals surface area contributed by atoms with Gasteiger partial charge in [-0.05, 0) is 24.3 Å². The average Bonchev–Trinajstić information content (AvgIpc) is 2.46. The first kappa shape index (κ1) is 15.1. The molecule has 0 fully saturated rings. The second-order valence-electron chi connectivity index (χ2n) is 4.04. The molecule has 0 aliphatic heterocycles. The van der Waals surface area contributed by atoms with Crippen LogP contribution in [0, 0.1) is 21.4 Å². The molecule has 0 aliphatic rings. The van der Waals surface area contributed by atoms with Crippen molar-refractivity contribution < 1.29 is 9.66 Å². The SMILES string of the molecule is N#Cc1ccc(OCc2c(Cl)cccc2[N+](=O)[O-])c(Cl)c1. The molecule has 0 N–H and O–H groups in total. The zero-order valence-corrected chi connectivity index (χ0v) is 12.1. The number of rotatable bonds is 4. The van der Waals surface area contributed by atoms with Crippen molar-refractivity contribution in [3.8, 4) is 11.8 Å². The van der Waals surface area contributed by atoms with Crippen LogP contribution in [0.3, 0.4) is 0 Å². The first-order valence-electron chi connectivity index (χ1n) is 5.77. The number of nitriles is 1. The van der Waals surface area contributed by atoms with Crippen LogP contribution >= 0.6 is 23.2 Å². The summed E-state index contributed by atoms with van der Waals surface area (Å²) >= 11 is 11.9. The van der Waals surface area contributed by atoms with Gasteiger partial charge in [-0.1, -0.05) is 29.3 Å². The normalized spacial score (nSPS) is 9.95. The maximum atomic E-state index is 11.0. The Balaban J connectivity index is 2.25. The summed E-state index contributed by atoms with van der Waals surface area (Å²) in [6.45, 7) is -0.0956. The number of nitro benzene ring substituents is 1. The van der Waals surface area contributed by atoms with Gasteiger partial charge in [0.2, 0.25) is 0 Å². The molecule has 0 unspecified atom stereocenters. The summed E-state index contributed by atoms with van der Waals surface area (Å²) in [6, 6.07) is 10.9. The number of nitrogens with zero attached hydrogens (tertiary/aromatic N) is 2. The Morgan fingerprint density at radius 1 is 1.24 bits per heavy atom. The molecule has 0 aliphatic carbocycles.